The van der Waals surface area contributed by atoms with Gasteiger partial charge in [0.2, 0.25) is 17.8 Å². The molecule has 0 unspecified atom stereocenters. The minimum atomic E-state index is -0.329. The maximum Gasteiger partial charge on any atom is 0.237 e. The number of anilines is 3. The standard InChI is InChI=1S/C20H20N4O3S2/c1-3-13-4-6-14(7-5-13)22-19-23-24-20(29-19)28-12(2)18(25)21-15-8-9-16-17(10-15)27-11-26-16/h4-10,12H,3,11H2,1-2H3,(H,21,25)(H,22,23)/t12-/m1/s1. The second-order valence-electron chi connectivity index (χ2n) is 6.37. The molecule has 1 aromatic heterocycles. The van der Waals surface area contributed by atoms with Crippen molar-refractivity contribution in [2.75, 3.05) is 17.4 Å². The minimum absolute atomic E-state index is 0.117. The Morgan fingerprint density at radius 2 is 1.90 bits per heavy atom. The van der Waals surface area contributed by atoms with Gasteiger partial charge in [-0.25, -0.2) is 0 Å². The Bertz CT molecular complexity index is 1010. The molecule has 2 heterocycles. The highest BCUT2D eigenvalue weighted by molar-refractivity contribution is 8.02. The molecule has 2 N–H and O–H groups in total. The number of ether oxygens (including phenoxy) is 2. The summed E-state index contributed by atoms with van der Waals surface area (Å²) in [6.45, 7) is 4.17. The van der Waals surface area contributed by atoms with Crippen molar-refractivity contribution in [3.8, 4) is 11.5 Å². The number of carbonyl (C=O) groups excluding carboxylic acids is 1. The van der Waals surface area contributed by atoms with Crippen molar-refractivity contribution in [2.24, 2.45) is 0 Å². The van der Waals surface area contributed by atoms with Crippen molar-refractivity contribution in [3.63, 3.8) is 0 Å². The van der Waals surface area contributed by atoms with Crippen LogP contribution in [-0.2, 0) is 11.2 Å². The van der Waals surface area contributed by atoms with E-state index in [0.29, 0.717) is 22.3 Å². The molecule has 1 aliphatic rings. The van der Waals surface area contributed by atoms with Gasteiger partial charge in [0.05, 0.1) is 5.25 Å². The molecule has 1 atom stereocenters. The van der Waals surface area contributed by atoms with Gasteiger partial charge in [0.15, 0.2) is 15.8 Å². The third-order valence-electron chi connectivity index (χ3n) is 4.31. The Morgan fingerprint density at radius 3 is 2.69 bits per heavy atom. The number of aryl methyl sites for hydroxylation is 1. The van der Waals surface area contributed by atoms with Crippen LogP contribution in [0.4, 0.5) is 16.5 Å². The molecule has 0 fully saturated rings. The summed E-state index contributed by atoms with van der Waals surface area (Å²) in [6.07, 6.45) is 1.01. The second-order valence-corrected chi connectivity index (χ2v) is 8.93. The van der Waals surface area contributed by atoms with E-state index in [0.717, 1.165) is 16.4 Å². The number of fused-ring (bicyclic) bond motifs is 1. The molecule has 4 rings (SSSR count). The van der Waals surface area contributed by atoms with Gasteiger partial charge in [0.25, 0.3) is 0 Å². The van der Waals surface area contributed by atoms with Crippen LogP contribution < -0.4 is 20.1 Å². The normalized spacial score (nSPS) is 13.2. The van der Waals surface area contributed by atoms with Gasteiger partial charge >= 0.3 is 0 Å². The number of amides is 1. The van der Waals surface area contributed by atoms with Crippen LogP contribution in [0.1, 0.15) is 19.4 Å². The molecular weight excluding hydrogens is 408 g/mol. The summed E-state index contributed by atoms with van der Waals surface area (Å²) < 4.78 is 11.3. The largest absolute Gasteiger partial charge is 0.454 e. The lowest BCUT2D eigenvalue weighted by atomic mass is 10.1. The van der Waals surface area contributed by atoms with Gasteiger partial charge in [-0.1, -0.05) is 42.2 Å². The molecule has 9 heteroatoms. The van der Waals surface area contributed by atoms with E-state index in [1.54, 1.807) is 18.2 Å². The quantitative estimate of drug-likeness (QED) is 0.528. The smallest absolute Gasteiger partial charge is 0.237 e. The fraction of sp³-hybridized carbons (Fsp3) is 0.250. The van der Waals surface area contributed by atoms with Crippen LogP contribution in [0, 0.1) is 0 Å². The first kappa shape index (κ1) is 19.5. The number of hydrogen-bond acceptors (Lipinski definition) is 8. The predicted molar refractivity (Wildman–Crippen MR) is 116 cm³/mol. The summed E-state index contributed by atoms with van der Waals surface area (Å²) in [5.74, 6) is 1.20. The summed E-state index contributed by atoms with van der Waals surface area (Å²) >= 11 is 2.79. The zero-order valence-corrected chi connectivity index (χ0v) is 17.6. The van der Waals surface area contributed by atoms with Crippen molar-refractivity contribution >= 4 is 45.5 Å². The maximum atomic E-state index is 12.5. The van der Waals surface area contributed by atoms with E-state index in [2.05, 4.69) is 39.9 Å². The van der Waals surface area contributed by atoms with Crippen LogP contribution in [0.15, 0.2) is 46.8 Å². The van der Waals surface area contributed by atoms with Crippen molar-refractivity contribution in [1.29, 1.82) is 0 Å². The van der Waals surface area contributed by atoms with E-state index in [1.165, 1.54) is 28.7 Å². The Kier molecular flexibility index (Phi) is 5.86. The predicted octanol–water partition coefficient (Wildman–Crippen LogP) is 4.69. The van der Waals surface area contributed by atoms with Gasteiger partial charge in [0.1, 0.15) is 0 Å². The first-order valence-electron chi connectivity index (χ1n) is 9.17. The van der Waals surface area contributed by atoms with Crippen molar-refractivity contribution in [2.45, 2.75) is 29.9 Å². The molecule has 0 bridgehead atoms. The van der Waals surface area contributed by atoms with E-state index in [-0.39, 0.29) is 18.0 Å². The van der Waals surface area contributed by atoms with Crippen LogP contribution in [0.3, 0.4) is 0 Å². The fourth-order valence-electron chi connectivity index (χ4n) is 2.68. The molecule has 2 aromatic carbocycles. The highest BCUT2D eigenvalue weighted by atomic mass is 32.2. The van der Waals surface area contributed by atoms with Crippen molar-refractivity contribution < 1.29 is 14.3 Å². The van der Waals surface area contributed by atoms with Crippen LogP contribution >= 0.6 is 23.1 Å². The number of aromatic nitrogens is 2. The molecule has 0 aliphatic carbocycles. The lowest BCUT2D eigenvalue weighted by Gasteiger charge is -2.10. The zero-order chi connectivity index (χ0) is 20.2. The van der Waals surface area contributed by atoms with Gasteiger partial charge in [-0.3, -0.25) is 4.79 Å². The number of thioether (sulfide) groups is 1. The van der Waals surface area contributed by atoms with E-state index in [1.807, 2.05) is 19.1 Å². The van der Waals surface area contributed by atoms with Gasteiger partial charge in [0, 0.05) is 17.4 Å². The highest BCUT2D eigenvalue weighted by Crippen LogP contribution is 2.35. The number of hydrogen-bond donors (Lipinski definition) is 2. The Hall–Kier alpha value is -2.78. The maximum absolute atomic E-state index is 12.5. The van der Waals surface area contributed by atoms with E-state index < -0.39 is 0 Å². The van der Waals surface area contributed by atoms with Crippen molar-refractivity contribution in [1.82, 2.24) is 10.2 Å². The molecule has 7 nitrogen and oxygen atoms in total. The summed E-state index contributed by atoms with van der Waals surface area (Å²) in [7, 11) is 0. The first-order chi connectivity index (χ1) is 14.1. The average molecular weight is 429 g/mol. The van der Waals surface area contributed by atoms with Gasteiger partial charge < -0.3 is 20.1 Å². The van der Waals surface area contributed by atoms with Crippen LogP contribution in [0.2, 0.25) is 0 Å². The topological polar surface area (TPSA) is 85.4 Å². The summed E-state index contributed by atoms with van der Waals surface area (Å²) in [5.41, 5.74) is 2.91. The van der Waals surface area contributed by atoms with Crippen LogP contribution in [0.5, 0.6) is 11.5 Å². The van der Waals surface area contributed by atoms with Crippen molar-refractivity contribution in [3.05, 3.63) is 48.0 Å². The van der Waals surface area contributed by atoms with Gasteiger partial charge in [-0.15, -0.1) is 10.2 Å². The highest BCUT2D eigenvalue weighted by Gasteiger charge is 2.19. The van der Waals surface area contributed by atoms with E-state index >= 15 is 0 Å². The molecule has 0 saturated heterocycles. The summed E-state index contributed by atoms with van der Waals surface area (Å²) in [4.78, 5) is 12.5. The summed E-state index contributed by atoms with van der Waals surface area (Å²) in [6, 6.07) is 13.5. The second kappa shape index (κ2) is 8.71. The van der Waals surface area contributed by atoms with Gasteiger partial charge in [-0.2, -0.15) is 0 Å². The molecule has 3 aromatic rings. The molecule has 0 spiro atoms. The van der Waals surface area contributed by atoms with Crippen LogP contribution in [0.25, 0.3) is 0 Å². The minimum Gasteiger partial charge on any atom is -0.454 e. The number of benzene rings is 2. The lowest BCUT2D eigenvalue weighted by molar-refractivity contribution is -0.115. The van der Waals surface area contributed by atoms with E-state index in [9.17, 15) is 4.79 Å². The van der Waals surface area contributed by atoms with Crippen LogP contribution in [-0.4, -0.2) is 28.1 Å². The van der Waals surface area contributed by atoms with Gasteiger partial charge in [-0.05, 0) is 43.2 Å². The molecule has 1 amide bonds. The molecule has 0 radical (unpaired) electrons. The zero-order valence-electron chi connectivity index (χ0n) is 16.0. The molecule has 29 heavy (non-hydrogen) atoms. The third kappa shape index (κ3) is 4.80. The SMILES string of the molecule is CCc1ccc(Nc2nnc(S[C@H](C)C(=O)Nc3ccc4c(c3)OCO4)s2)cc1. The Labute approximate surface area is 176 Å². The lowest BCUT2D eigenvalue weighted by Crippen LogP contribution is -2.22. The molecular formula is C20H20N4O3S2. The number of carbonyl (C=O) groups is 1. The number of nitrogens with zero attached hydrogens (tertiary/aromatic N) is 2. The average Bonchev–Trinajstić information content (AvgIpc) is 3.37. The molecule has 150 valence electrons. The first-order valence-corrected chi connectivity index (χ1v) is 10.9. The fourth-order valence-corrected chi connectivity index (χ4v) is 4.59. The number of rotatable bonds is 7. The van der Waals surface area contributed by atoms with E-state index in [4.69, 9.17) is 9.47 Å². The monoisotopic (exact) mass is 428 g/mol. The summed E-state index contributed by atoms with van der Waals surface area (Å²) in [5, 5.41) is 14.8. The third-order valence-corrected chi connectivity index (χ3v) is 6.33. The Morgan fingerprint density at radius 1 is 1.14 bits per heavy atom. The number of nitrogens with one attached hydrogen (secondary N) is 2. The Balaban J connectivity index is 1.33. The molecule has 0 saturated carbocycles. The molecule has 1 aliphatic heterocycles.